The van der Waals surface area contributed by atoms with Crippen molar-refractivity contribution in [2.75, 3.05) is 13.1 Å². The van der Waals surface area contributed by atoms with E-state index in [2.05, 4.69) is 5.92 Å². The molecule has 0 aliphatic rings. The number of rotatable bonds is 5. The number of carbonyl (C=O) groups excluding carboxylic acids is 1. The molecular formula is C12H14N2O3. The number of aromatic nitrogens is 1. The third-order valence-corrected chi connectivity index (χ3v) is 2.31. The van der Waals surface area contributed by atoms with Gasteiger partial charge in [0.1, 0.15) is 12.2 Å². The molecule has 1 aromatic rings. The van der Waals surface area contributed by atoms with Gasteiger partial charge in [-0.15, -0.1) is 6.42 Å². The van der Waals surface area contributed by atoms with Crippen LogP contribution in [0.1, 0.15) is 17.4 Å². The Balaban J connectivity index is 2.92. The maximum atomic E-state index is 12.0. The van der Waals surface area contributed by atoms with E-state index in [1.807, 2.05) is 6.92 Å². The van der Waals surface area contributed by atoms with Crippen molar-refractivity contribution >= 4 is 11.9 Å². The smallest absolute Gasteiger partial charge is 0.323 e. The standard InChI is InChI=1S/C12H14N2O3/c1-3-7-13(4-2)12(17)10-6-5-8-14(10)9-11(15)16/h1,5-6,8H,4,7,9H2,2H3,(H,15,16). The van der Waals surface area contributed by atoms with E-state index in [9.17, 15) is 9.59 Å². The number of carboxylic acids is 1. The zero-order chi connectivity index (χ0) is 12.8. The van der Waals surface area contributed by atoms with E-state index in [0.29, 0.717) is 12.2 Å². The Labute approximate surface area is 99.6 Å². The first-order valence-electron chi connectivity index (χ1n) is 5.19. The average Bonchev–Trinajstić information content (AvgIpc) is 2.72. The number of terminal acetylenes is 1. The Hall–Kier alpha value is -2.22. The van der Waals surface area contributed by atoms with Crippen LogP contribution in [-0.4, -0.2) is 39.5 Å². The second kappa shape index (κ2) is 5.75. The fourth-order valence-electron chi connectivity index (χ4n) is 1.49. The van der Waals surface area contributed by atoms with Crippen molar-refractivity contribution in [3.8, 4) is 12.3 Å². The van der Waals surface area contributed by atoms with Crippen molar-refractivity contribution < 1.29 is 14.7 Å². The Morgan fingerprint density at radius 1 is 1.59 bits per heavy atom. The summed E-state index contributed by atoms with van der Waals surface area (Å²) < 4.78 is 1.39. The first-order valence-corrected chi connectivity index (χ1v) is 5.19. The SMILES string of the molecule is C#CCN(CC)C(=O)c1cccn1CC(=O)O. The summed E-state index contributed by atoms with van der Waals surface area (Å²) in [6.07, 6.45) is 6.73. The number of carbonyl (C=O) groups is 2. The quantitative estimate of drug-likeness (QED) is 0.761. The summed E-state index contributed by atoms with van der Waals surface area (Å²) in [5.41, 5.74) is 0.338. The maximum absolute atomic E-state index is 12.0. The van der Waals surface area contributed by atoms with Crippen molar-refractivity contribution in [3.63, 3.8) is 0 Å². The molecule has 5 heteroatoms. The van der Waals surface area contributed by atoms with Gasteiger partial charge in [0.05, 0.1) is 6.54 Å². The lowest BCUT2D eigenvalue weighted by Gasteiger charge is -2.18. The van der Waals surface area contributed by atoms with Gasteiger partial charge in [-0.05, 0) is 19.1 Å². The Bertz CT molecular complexity index is 457. The summed E-state index contributed by atoms with van der Waals surface area (Å²) in [6, 6.07) is 3.23. The lowest BCUT2D eigenvalue weighted by Crippen LogP contribution is -2.33. The molecule has 1 aromatic heterocycles. The van der Waals surface area contributed by atoms with Crippen LogP contribution in [0.25, 0.3) is 0 Å². The summed E-state index contributed by atoms with van der Waals surface area (Å²) in [7, 11) is 0. The van der Waals surface area contributed by atoms with E-state index in [0.717, 1.165) is 0 Å². The van der Waals surface area contributed by atoms with Crippen LogP contribution in [0.4, 0.5) is 0 Å². The third-order valence-electron chi connectivity index (χ3n) is 2.31. The van der Waals surface area contributed by atoms with Crippen LogP contribution < -0.4 is 0 Å². The van der Waals surface area contributed by atoms with Gasteiger partial charge in [-0.25, -0.2) is 0 Å². The van der Waals surface area contributed by atoms with E-state index in [-0.39, 0.29) is 19.0 Å². The van der Waals surface area contributed by atoms with E-state index in [4.69, 9.17) is 11.5 Å². The minimum atomic E-state index is -0.991. The fraction of sp³-hybridized carbons (Fsp3) is 0.333. The average molecular weight is 234 g/mol. The van der Waals surface area contributed by atoms with Gasteiger partial charge < -0.3 is 14.6 Å². The molecule has 0 saturated carbocycles. The second-order valence-electron chi connectivity index (χ2n) is 3.44. The van der Waals surface area contributed by atoms with Crippen molar-refractivity contribution in [3.05, 3.63) is 24.0 Å². The Kier molecular flexibility index (Phi) is 4.35. The molecule has 0 aromatic carbocycles. The molecule has 17 heavy (non-hydrogen) atoms. The first kappa shape index (κ1) is 12.8. The molecule has 1 amide bonds. The summed E-state index contributed by atoms with van der Waals surface area (Å²) in [5, 5.41) is 8.71. The lowest BCUT2D eigenvalue weighted by molar-refractivity contribution is -0.137. The second-order valence-corrected chi connectivity index (χ2v) is 3.44. The number of aliphatic carboxylic acids is 1. The van der Waals surface area contributed by atoms with Crippen LogP contribution in [0.15, 0.2) is 18.3 Å². The van der Waals surface area contributed by atoms with E-state index < -0.39 is 5.97 Å². The zero-order valence-electron chi connectivity index (χ0n) is 9.59. The van der Waals surface area contributed by atoms with E-state index >= 15 is 0 Å². The highest BCUT2D eigenvalue weighted by molar-refractivity contribution is 5.93. The van der Waals surface area contributed by atoms with E-state index in [1.54, 1.807) is 18.3 Å². The van der Waals surface area contributed by atoms with Gasteiger partial charge in [-0.2, -0.15) is 0 Å². The predicted octanol–water partition coefficient (Wildman–Crippen LogP) is 0.668. The molecule has 0 fully saturated rings. The largest absolute Gasteiger partial charge is 0.480 e. The molecule has 0 bridgehead atoms. The summed E-state index contributed by atoms with van der Waals surface area (Å²) in [5.74, 6) is 1.16. The van der Waals surface area contributed by atoms with Crippen molar-refractivity contribution in [2.45, 2.75) is 13.5 Å². The van der Waals surface area contributed by atoms with Crippen LogP contribution in [0.5, 0.6) is 0 Å². The third kappa shape index (κ3) is 3.11. The number of carboxylic acid groups (broad SMARTS) is 1. The minimum Gasteiger partial charge on any atom is -0.480 e. The van der Waals surface area contributed by atoms with Gasteiger partial charge in [0.25, 0.3) is 5.91 Å². The molecule has 1 heterocycles. The van der Waals surface area contributed by atoms with E-state index in [1.165, 1.54) is 9.47 Å². The van der Waals surface area contributed by atoms with Gasteiger partial charge in [0, 0.05) is 12.7 Å². The van der Waals surface area contributed by atoms with Crippen LogP contribution in [0.2, 0.25) is 0 Å². The fourth-order valence-corrected chi connectivity index (χ4v) is 1.49. The van der Waals surface area contributed by atoms with Crippen LogP contribution in [-0.2, 0) is 11.3 Å². The van der Waals surface area contributed by atoms with Crippen LogP contribution in [0.3, 0.4) is 0 Å². The summed E-state index contributed by atoms with van der Waals surface area (Å²) in [6.45, 7) is 2.29. The van der Waals surface area contributed by atoms with Crippen molar-refractivity contribution in [2.24, 2.45) is 0 Å². The molecule has 0 unspecified atom stereocenters. The van der Waals surface area contributed by atoms with Crippen LogP contribution in [0, 0.1) is 12.3 Å². The maximum Gasteiger partial charge on any atom is 0.323 e. The number of amides is 1. The van der Waals surface area contributed by atoms with Gasteiger partial charge >= 0.3 is 5.97 Å². The molecule has 0 aliphatic heterocycles. The number of nitrogens with zero attached hydrogens (tertiary/aromatic N) is 2. The summed E-state index contributed by atoms with van der Waals surface area (Å²) >= 11 is 0. The molecular weight excluding hydrogens is 220 g/mol. The van der Waals surface area contributed by atoms with Gasteiger partial charge in [0.15, 0.2) is 0 Å². The van der Waals surface area contributed by atoms with Crippen molar-refractivity contribution in [1.82, 2.24) is 9.47 Å². The molecule has 0 spiro atoms. The molecule has 5 nitrogen and oxygen atoms in total. The molecule has 1 rings (SSSR count). The Morgan fingerprint density at radius 3 is 2.82 bits per heavy atom. The van der Waals surface area contributed by atoms with Gasteiger partial charge in [-0.3, -0.25) is 9.59 Å². The monoisotopic (exact) mass is 234 g/mol. The highest BCUT2D eigenvalue weighted by atomic mass is 16.4. The summed E-state index contributed by atoms with van der Waals surface area (Å²) in [4.78, 5) is 24.2. The highest BCUT2D eigenvalue weighted by Crippen LogP contribution is 2.06. The van der Waals surface area contributed by atoms with Crippen molar-refractivity contribution in [1.29, 1.82) is 0 Å². The van der Waals surface area contributed by atoms with Gasteiger partial charge in [0.2, 0.25) is 0 Å². The molecule has 0 atom stereocenters. The number of hydrogen-bond donors (Lipinski definition) is 1. The van der Waals surface area contributed by atoms with Crippen LogP contribution >= 0.6 is 0 Å². The Morgan fingerprint density at radius 2 is 2.29 bits per heavy atom. The molecule has 0 saturated heterocycles. The normalized spacial score (nSPS) is 9.65. The molecule has 0 radical (unpaired) electrons. The molecule has 1 N–H and O–H groups in total. The first-order chi connectivity index (χ1) is 8.10. The molecule has 0 aliphatic carbocycles. The highest BCUT2D eigenvalue weighted by Gasteiger charge is 2.17. The van der Waals surface area contributed by atoms with Gasteiger partial charge in [-0.1, -0.05) is 5.92 Å². The predicted molar refractivity (Wildman–Crippen MR) is 62.5 cm³/mol. The number of hydrogen-bond acceptors (Lipinski definition) is 2. The molecule has 90 valence electrons. The lowest BCUT2D eigenvalue weighted by atomic mass is 10.3. The minimum absolute atomic E-state index is 0.216. The topological polar surface area (TPSA) is 62.5 Å². The zero-order valence-corrected chi connectivity index (χ0v) is 9.59.